The smallest absolute Gasteiger partial charge is 0.0893 e. The van der Waals surface area contributed by atoms with E-state index in [0.29, 0.717) is 0 Å². The Bertz CT molecular complexity index is 1060. The summed E-state index contributed by atoms with van der Waals surface area (Å²) in [5, 5.41) is 8.79. The minimum atomic E-state index is 1.12. The number of benzene rings is 2. The zero-order chi connectivity index (χ0) is 18.5. The van der Waals surface area contributed by atoms with E-state index in [4.69, 9.17) is 0 Å². The summed E-state index contributed by atoms with van der Waals surface area (Å²) in [6.07, 6.45) is 21.2. The first-order valence-corrected chi connectivity index (χ1v) is 9.39. The van der Waals surface area contributed by atoms with Crippen molar-refractivity contribution >= 4 is 23.5 Å². The average molecular weight is 362 g/mol. The van der Waals surface area contributed by atoms with Crippen LogP contribution in [0.4, 0.5) is 11.4 Å². The highest BCUT2D eigenvalue weighted by Gasteiger charge is 2.32. The Morgan fingerprint density at radius 3 is 1.29 bits per heavy atom. The summed E-state index contributed by atoms with van der Waals surface area (Å²) in [6, 6.07) is 17.0. The summed E-state index contributed by atoms with van der Waals surface area (Å²) >= 11 is 0. The Morgan fingerprint density at radius 2 is 0.821 bits per heavy atom. The maximum atomic E-state index is 2.26. The van der Waals surface area contributed by atoms with Crippen LogP contribution in [0.15, 0.2) is 109 Å². The van der Waals surface area contributed by atoms with Gasteiger partial charge in [0.2, 0.25) is 0 Å². The number of hydrogen-bond donors (Lipinski definition) is 0. The molecule has 4 nitrogen and oxygen atoms in total. The number of hydrogen-bond acceptors (Lipinski definition) is 4. The van der Waals surface area contributed by atoms with Crippen molar-refractivity contribution in [1.82, 2.24) is 10.0 Å². The highest BCUT2D eigenvalue weighted by atomic mass is 15.7. The van der Waals surface area contributed by atoms with Crippen LogP contribution in [0, 0.1) is 0 Å². The summed E-state index contributed by atoms with van der Waals surface area (Å²) in [6.45, 7) is 0. The lowest BCUT2D eigenvalue weighted by Crippen LogP contribution is -2.44. The Balaban J connectivity index is 1.57. The molecule has 0 saturated heterocycles. The lowest BCUT2D eigenvalue weighted by molar-refractivity contribution is 0.404. The van der Waals surface area contributed by atoms with Crippen molar-refractivity contribution in [2.45, 2.75) is 0 Å². The van der Waals surface area contributed by atoms with Gasteiger partial charge >= 0.3 is 0 Å². The fraction of sp³-hybridized carbons (Fsp3) is 0. The second-order valence-electron chi connectivity index (χ2n) is 6.92. The number of para-hydroxylation sites is 2. The number of allylic oxidation sites excluding steroid dienone is 4. The lowest BCUT2D eigenvalue weighted by atomic mass is 10.0. The van der Waals surface area contributed by atoms with E-state index in [2.05, 4.69) is 130 Å². The van der Waals surface area contributed by atoms with Gasteiger partial charge in [0.05, 0.1) is 22.8 Å². The molecule has 6 rings (SSSR count). The highest BCUT2D eigenvalue weighted by molar-refractivity contribution is 5.81. The van der Waals surface area contributed by atoms with Gasteiger partial charge in [0.15, 0.2) is 0 Å². The van der Waals surface area contributed by atoms with Gasteiger partial charge in [-0.1, -0.05) is 36.4 Å². The van der Waals surface area contributed by atoms with Gasteiger partial charge in [-0.05, 0) is 48.6 Å². The maximum absolute atomic E-state index is 2.26. The van der Waals surface area contributed by atoms with E-state index in [9.17, 15) is 0 Å². The monoisotopic (exact) mass is 362 g/mol. The molecule has 2 aromatic carbocycles. The van der Waals surface area contributed by atoms with E-state index in [1.165, 1.54) is 22.5 Å². The van der Waals surface area contributed by atoms with Crippen molar-refractivity contribution in [3.63, 3.8) is 0 Å². The molecule has 0 saturated carbocycles. The molecule has 4 heteroatoms. The molecule has 28 heavy (non-hydrogen) atoms. The number of fused-ring (bicyclic) bond motifs is 6. The van der Waals surface area contributed by atoms with Gasteiger partial charge in [-0.15, -0.1) is 0 Å². The molecule has 0 fully saturated rings. The third-order valence-corrected chi connectivity index (χ3v) is 5.30. The van der Waals surface area contributed by atoms with Gasteiger partial charge in [-0.2, -0.15) is 0 Å². The van der Waals surface area contributed by atoms with Crippen molar-refractivity contribution in [2.75, 3.05) is 10.0 Å². The maximum Gasteiger partial charge on any atom is 0.0893 e. The summed E-state index contributed by atoms with van der Waals surface area (Å²) in [7, 11) is 0. The number of anilines is 2. The van der Waals surface area contributed by atoms with Crippen molar-refractivity contribution in [3.8, 4) is 0 Å². The van der Waals surface area contributed by atoms with Crippen molar-refractivity contribution in [3.05, 3.63) is 120 Å². The molecule has 0 amide bonds. The van der Waals surface area contributed by atoms with E-state index < -0.39 is 0 Å². The van der Waals surface area contributed by atoms with Crippen LogP contribution < -0.4 is 10.0 Å². The fourth-order valence-electron chi connectivity index (χ4n) is 4.04. The first-order valence-electron chi connectivity index (χ1n) is 9.39. The van der Waals surface area contributed by atoms with Gasteiger partial charge in [0.25, 0.3) is 0 Å². The van der Waals surface area contributed by atoms with E-state index >= 15 is 0 Å². The Kier molecular flexibility index (Phi) is 3.14. The highest BCUT2D eigenvalue weighted by Crippen LogP contribution is 2.42. The van der Waals surface area contributed by atoms with Gasteiger partial charge < -0.3 is 0 Å². The Labute approximate surface area is 164 Å². The first kappa shape index (κ1) is 15.2. The zero-order valence-corrected chi connectivity index (χ0v) is 15.2. The second-order valence-corrected chi connectivity index (χ2v) is 6.92. The topological polar surface area (TPSA) is 13.0 Å². The van der Waals surface area contributed by atoms with Crippen LogP contribution in [0.2, 0.25) is 0 Å². The second kappa shape index (κ2) is 5.79. The first-order chi connectivity index (χ1) is 13.9. The minimum Gasteiger partial charge on any atom is -0.256 e. The van der Waals surface area contributed by atoms with E-state index in [-0.39, 0.29) is 0 Å². The number of nitrogens with zero attached hydrogens (tertiary/aromatic N) is 4. The van der Waals surface area contributed by atoms with E-state index in [1.807, 2.05) is 0 Å². The summed E-state index contributed by atoms with van der Waals surface area (Å²) in [4.78, 5) is 0. The summed E-state index contributed by atoms with van der Waals surface area (Å²) in [5.41, 5.74) is 7.01. The van der Waals surface area contributed by atoms with Gasteiger partial charge in [-0.3, -0.25) is 20.0 Å². The van der Waals surface area contributed by atoms with Crippen LogP contribution in [-0.4, -0.2) is 10.0 Å². The van der Waals surface area contributed by atoms with E-state index in [1.54, 1.807) is 0 Å². The quantitative estimate of drug-likeness (QED) is 0.689. The average Bonchev–Trinajstić information content (AvgIpc) is 2.78. The van der Waals surface area contributed by atoms with Gasteiger partial charge in [0, 0.05) is 35.9 Å². The zero-order valence-electron chi connectivity index (χ0n) is 15.2. The van der Waals surface area contributed by atoms with Crippen LogP contribution in [0.5, 0.6) is 0 Å². The van der Waals surface area contributed by atoms with Gasteiger partial charge in [-0.25, -0.2) is 0 Å². The molecular weight excluding hydrogens is 344 g/mol. The molecular formula is C24H18N4. The normalized spacial score (nSPS) is 18.3. The van der Waals surface area contributed by atoms with Crippen LogP contribution in [0.1, 0.15) is 11.1 Å². The summed E-state index contributed by atoms with van der Waals surface area (Å²) < 4.78 is 0. The molecule has 0 atom stereocenters. The molecule has 4 aliphatic heterocycles. The molecule has 2 aromatic rings. The van der Waals surface area contributed by atoms with Gasteiger partial charge in [0.1, 0.15) is 0 Å². The van der Waals surface area contributed by atoms with Crippen molar-refractivity contribution < 1.29 is 0 Å². The molecule has 0 N–H and O–H groups in total. The molecule has 0 bridgehead atoms. The predicted molar refractivity (Wildman–Crippen MR) is 114 cm³/mol. The fourth-order valence-corrected chi connectivity index (χ4v) is 4.04. The Morgan fingerprint density at radius 1 is 0.429 bits per heavy atom. The minimum absolute atomic E-state index is 1.12. The van der Waals surface area contributed by atoms with Crippen LogP contribution >= 0.6 is 0 Å². The third kappa shape index (κ3) is 2.12. The van der Waals surface area contributed by atoms with Crippen LogP contribution in [-0.2, 0) is 0 Å². The molecule has 0 aliphatic carbocycles. The Hall–Kier alpha value is -3.92. The SMILES string of the molecule is C1=CN2C(C3=Cc4ccccc4N4C=CC=CN34)=Cc3ccccc3N2C=C1. The third-order valence-electron chi connectivity index (χ3n) is 5.30. The molecule has 134 valence electrons. The largest absolute Gasteiger partial charge is 0.256 e. The molecule has 4 heterocycles. The molecule has 0 spiro atoms. The molecule has 0 unspecified atom stereocenters. The van der Waals surface area contributed by atoms with Crippen LogP contribution in [0.3, 0.4) is 0 Å². The lowest BCUT2D eigenvalue weighted by Gasteiger charge is -2.46. The van der Waals surface area contributed by atoms with Crippen molar-refractivity contribution in [1.29, 1.82) is 0 Å². The summed E-state index contributed by atoms with van der Waals surface area (Å²) in [5.74, 6) is 0. The van der Waals surface area contributed by atoms with Crippen LogP contribution in [0.25, 0.3) is 12.2 Å². The predicted octanol–water partition coefficient (Wildman–Crippen LogP) is 5.22. The standard InChI is InChI=1S/C24H18N4/c1-3-11-21-19(9-1)17-23(27-15-7-5-13-25(21)27)24-18-20-10-2-4-12-22(20)26-14-6-8-16-28(24)26/h1-18H. The molecule has 0 radical (unpaired) electrons. The molecule has 4 aliphatic rings. The van der Waals surface area contributed by atoms with Crippen molar-refractivity contribution in [2.24, 2.45) is 0 Å². The van der Waals surface area contributed by atoms with E-state index in [0.717, 1.165) is 11.4 Å². The number of rotatable bonds is 1. The number of hydrazine groups is 2. The molecule has 0 aromatic heterocycles.